The van der Waals surface area contributed by atoms with E-state index in [9.17, 15) is 14.9 Å². The normalized spacial score (nSPS) is 11.6. The number of ether oxygens (including phenoxy) is 2. The lowest BCUT2D eigenvalue weighted by Crippen LogP contribution is -2.24. The lowest BCUT2D eigenvalue weighted by atomic mass is 9.93. The number of amides is 1. The fourth-order valence-electron chi connectivity index (χ4n) is 4.36. The molecular weight excluding hydrogens is 534 g/mol. The molecule has 0 saturated heterocycles. The molecule has 0 unspecified atom stereocenters. The Morgan fingerprint density at radius 3 is 2.43 bits per heavy atom. The van der Waals surface area contributed by atoms with E-state index >= 15 is 0 Å². The molecule has 0 atom stereocenters. The highest BCUT2D eigenvalue weighted by molar-refractivity contribution is 6.06. The van der Waals surface area contributed by atoms with Gasteiger partial charge in [0.15, 0.2) is 0 Å². The molecule has 216 valence electrons. The van der Waals surface area contributed by atoms with E-state index in [0.717, 1.165) is 5.56 Å². The number of hydrogen-bond acceptors (Lipinski definition) is 9. The van der Waals surface area contributed by atoms with E-state index in [0.29, 0.717) is 51.8 Å². The maximum atomic E-state index is 13.9. The van der Waals surface area contributed by atoms with Crippen LogP contribution in [-0.2, 0) is 17.8 Å². The second kappa shape index (κ2) is 12.5. The molecular formula is C31H33N7O4. The van der Waals surface area contributed by atoms with Gasteiger partial charge in [0.1, 0.15) is 34.6 Å². The molecule has 0 aliphatic carbocycles. The van der Waals surface area contributed by atoms with Gasteiger partial charge in [-0.15, -0.1) is 0 Å². The Kier molecular flexibility index (Phi) is 8.86. The summed E-state index contributed by atoms with van der Waals surface area (Å²) in [5.74, 6) is 1.27. The van der Waals surface area contributed by atoms with Crippen LogP contribution in [0.5, 0.6) is 11.5 Å². The van der Waals surface area contributed by atoms with E-state index in [2.05, 4.69) is 25.6 Å². The number of methoxy groups -OCH3 is 2. The summed E-state index contributed by atoms with van der Waals surface area (Å²) in [5.41, 5.74) is 1.81. The standard InChI is InChI=1S/C31H33N7O4/c1-31(2,3)16-22(17-32)28(39)36-26-11-19(7-9-34-26)8-10-38-27-21(18-35-30(33-4)37-27)14-25(29(38)40)20-12-23(41-5)15-24(13-20)42-6/h7,9,11-16,18H,8,10H2,1-6H3,(H,33,35,37)(H,34,36,39)/b22-16+. The third kappa shape index (κ3) is 6.90. The smallest absolute Gasteiger partial charge is 0.267 e. The molecule has 0 saturated carbocycles. The molecule has 42 heavy (non-hydrogen) atoms. The number of nitrogens with zero attached hydrogens (tertiary/aromatic N) is 5. The second-order valence-electron chi connectivity index (χ2n) is 10.6. The summed E-state index contributed by atoms with van der Waals surface area (Å²) >= 11 is 0. The highest BCUT2D eigenvalue weighted by Crippen LogP contribution is 2.29. The first-order chi connectivity index (χ1) is 20.0. The minimum atomic E-state index is -0.531. The van der Waals surface area contributed by atoms with Crippen LogP contribution in [0.3, 0.4) is 0 Å². The first-order valence-corrected chi connectivity index (χ1v) is 13.3. The largest absolute Gasteiger partial charge is 0.497 e. The van der Waals surface area contributed by atoms with Gasteiger partial charge in [0.2, 0.25) is 5.95 Å². The molecule has 1 aromatic carbocycles. The van der Waals surface area contributed by atoms with Crippen LogP contribution in [0.2, 0.25) is 0 Å². The van der Waals surface area contributed by atoms with Gasteiger partial charge in [-0.1, -0.05) is 26.8 Å². The Hall–Kier alpha value is -5.24. The number of nitrogens with one attached hydrogen (secondary N) is 2. The molecule has 3 aromatic heterocycles. The average Bonchev–Trinajstić information content (AvgIpc) is 2.98. The van der Waals surface area contributed by atoms with Crippen LogP contribution in [0.15, 0.2) is 65.2 Å². The van der Waals surface area contributed by atoms with Gasteiger partial charge < -0.3 is 20.1 Å². The van der Waals surface area contributed by atoms with E-state index in [1.54, 1.807) is 74.6 Å². The fraction of sp³-hybridized carbons (Fsp3) is 0.290. The van der Waals surface area contributed by atoms with Crippen LogP contribution in [0.1, 0.15) is 26.3 Å². The summed E-state index contributed by atoms with van der Waals surface area (Å²) in [7, 11) is 4.82. The van der Waals surface area contributed by atoms with E-state index in [-0.39, 0.29) is 23.1 Å². The number of hydrogen-bond donors (Lipinski definition) is 2. The third-order valence-electron chi connectivity index (χ3n) is 6.35. The zero-order valence-corrected chi connectivity index (χ0v) is 24.5. The number of fused-ring (bicyclic) bond motifs is 1. The second-order valence-corrected chi connectivity index (χ2v) is 10.6. The number of anilines is 2. The lowest BCUT2D eigenvalue weighted by molar-refractivity contribution is -0.112. The maximum Gasteiger partial charge on any atom is 0.267 e. The first kappa shape index (κ1) is 29.7. The molecule has 4 rings (SSSR count). The predicted octanol–water partition coefficient (Wildman–Crippen LogP) is 4.59. The van der Waals surface area contributed by atoms with Crippen LogP contribution in [-0.4, -0.2) is 46.7 Å². The summed E-state index contributed by atoms with van der Waals surface area (Å²) in [6, 6.07) is 12.5. The third-order valence-corrected chi connectivity index (χ3v) is 6.35. The number of nitriles is 1. The van der Waals surface area contributed by atoms with Gasteiger partial charge in [-0.2, -0.15) is 10.2 Å². The van der Waals surface area contributed by atoms with Gasteiger partial charge in [-0.3, -0.25) is 14.2 Å². The summed E-state index contributed by atoms with van der Waals surface area (Å²) in [5, 5.41) is 15.8. The van der Waals surface area contributed by atoms with Gasteiger partial charge in [0.05, 0.1) is 14.2 Å². The minimum Gasteiger partial charge on any atom is -0.497 e. The first-order valence-electron chi connectivity index (χ1n) is 13.3. The lowest BCUT2D eigenvalue weighted by Gasteiger charge is -2.15. The fourth-order valence-corrected chi connectivity index (χ4v) is 4.36. The quantitative estimate of drug-likeness (QED) is 0.219. The Bertz CT molecular complexity index is 1740. The van der Waals surface area contributed by atoms with Gasteiger partial charge in [-0.25, -0.2) is 9.97 Å². The van der Waals surface area contributed by atoms with Crippen molar-refractivity contribution < 1.29 is 14.3 Å². The molecule has 11 heteroatoms. The summed E-state index contributed by atoms with van der Waals surface area (Å²) in [4.78, 5) is 39.8. The number of carbonyl (C=O) groups excluding carboxylic acids is 1. The zero-order chi connectivity index (χ0) is 30.4. The van der Waals surface area contributed by atoms with Gasteiger partial charge in [0.25, 0.3) is 11.5 Å². The zero-order valence-electron chi connectivity index (χ0n) is 24.5. The van der Waals surface area contributed by atoms with E-state index in [1.165, 1.54) is 0 Å². The molecule has 0 aliphatic rings. The Labute approximate surface area is 243 Å². The Morgan fingerprint density at radius 1 is 1.10 bits per heavy atom. The monoisotopic (exact) mass is 567 g/mol. The number of pyridine rings is 2. The molecule has 0 radical (unpaired) electrons. The number of carbonyl (C=O) groups is 1. The number of aromatic nitrogens is 4. The van der Waals surface area contributed by atoms with Crippen LogP contribution in [0.25, 0.3) is 22.2 Å². The van der Waals surface area contributed by atoms with Gasteiger partial charge >= 0.3 is 0 Å². The van der Waals surface area contributed by atoms with Crippen LogP contribution in [0, 0.1) is 16.7 Å². The van der Waals surface area contributed by atoms with Crippen molar-refractivity contribution in [1.82, 2.24) is 19.5 Å². The molecule has 0 spiro atoms. The number of rotatable bonds is 9. The summed E-state index contributed by atoms with van der Waals surface area (Å²) in [6.45, 7) is 6.01. The molecule has 11 nitrogen and oxygen atoms in total. The number of benzene rings is 1. The highest BCUT2D eigenvalue weighted by Gasteiger charge is 2.17. The van der Waals surface area contributed by atoms with Crippen LogP contribution < -0.4 is 25.7 Å². The van der Waals surface area contributed by atoms with Crippen molar-refractivity contribution in [3.63, 3.8) is 0 Å². The molecule has 0 bridgehead atoms. The van der Waals surface area contributed by atoms with Crippen LogP contribution >= 0.6 is 0 Å². The van der Waals surface area contributed by atoms with Crippen molar-refractivity contribution in [3.8, 4) is 28.7 Å². The van der Waals surface area contributed by atoms with Crippen molar-refractivity contribution in [2.75, 3.05) is 31.9 Å². The van der Waals surface area contributed by atoms with Crippen molar-refractivity contribution in [3.05, 3.63) is 76.4 Å². The van der Waals surface area contributed by atoms with Crippen molar-refractivity contribution >= 4 is 28.7 Å². The van der Waals surface area contributed by atoms with Crippen molar-refractivity contribution in [2.24, 2.45) is 5.41 Å². The predicted molar refractivity (Wildman–Crippen MR) is 162 cm³/mol. The van der Waals surface area contributed by atoms with Gasteiger partial charge in [0, 0.05) is 43.0 Å². The Morgan fingerprint density at radius 2 is 1.81 bits per heavy atom. The van der Waals surface area contributed by atoms with E-state index < -0.39 is 5.91 Å². The number of aryl methyl sites for hydroxylation is 2. The highest BCUT2D eigenvalue weighted by atomic mass is 16.5. The SMILES string of the molecule is CNc1ncc2cc(-c3cc(OC)cc(OC)c3)c(=O)n(CCc3ccnc(NC(=O)/C(C#N)=C/C(C)(C)C)c3)c2n1. The molecule has 4 aromatic rings. The summed E-state index contributed by atoms with van der Waals surface area (Å²) < 4.78 is 12.4. The molecule has 0 fully saturated rings. The number of allylic oxidation sites excluding steroid dienone is 1. The molecule has 3 heterocycles. The van der Waals surface area contributed by atoms with E-state index in [1.807, 2.05) is 32.9 Å². The van der Waals surface area contributed by atoms with Gasteiger partial charge in [-0.05, 0) is 53.3 Å². The molecule has 0 aliphatic heterocycles. The van der Waals surface area contributed by atoms with E-state index in [4.69, 9.17) is 9.47 Å². The topological polar surface area (TPSA) is 144 Å². The molecule has 2 N–H and O–H groups in total. The minimum absolute atomic E-state index is 0.0127. The molecule has 1 amide bonds. The van der Waals surface area contributed by atoms with Crippen molar-refractivity contribution in [1.29, 1.82) is 5.26 Å². The van der Waals surface area contributed by atoms with Crippen LogP contribution in [0.4, 0.5) is 11.8 Å². The average molecular weight is 568 g/mol. The summed E-state index contributed by atoms with van der Waals surface area (Å²) in [6.07, 6.45) is 5.30. The maximum absolute atomic E-state index is 13.9. The Balaban J connectivity index is 1.70. The van der Waals surface area contributed by atoms with Crippen molar-refractivity contribution in [2.45, 2.75) is 33.7 Å².